The topological polar surface area (TPSA) is 108 Å². The predicted octanol–water partition coefficient (Wildman–Crippen LogP) is 3.65. The van der Waals surface area contributed by atoms with Gasteiger partial charge in [-0.15, -0.1) is 21.5 Å². The van der Waals surface area contributed by atoms with Gasteiger partial charge in [-0.2, -0.15) is 0 Å². The molecule has 5 rings (SSSR count). The summed E-state index contributed by atoms with van der Waals surface area (Å²) in [6.45, 7) is 1.25. The van der Waals surface area contributed by atoms with Gasteiger partial charge in [-0.1, -0.05) is 11.8 Å². The Morgan fingerprint density at radius 2 is 2.15 bits per heavy atom. The zero-order chi connectivity index (χ0) is 22.8. The molecular formula is C22H21FN6O2S2. The summed E-state index contributed by atoms with van der Waals surface area (Å²) in [7, 11) is 0. The van der Waals surface area contributed by atoms with Crippen LogP contribution in [-0.4, -0.2) is 50.7 Å². The van der Waals surface area contributed by atoms with Gasteiger partial charge in [0.05, 0.1) is 22.4 Å². The fourth-order valence-electron chi connectivity index (χ4n) is 3.66. The van der Waals surface area contributed by atoms with Crippen LogP contribution in [-0.2, 0) is 9.53 Å². The number of carbonyl (C=O) groups excluding carboxylic acids is 1. The Bertz CT molecular complexity index is 1280. The second kappa shape index (κ2) is 9.46. The third-order valence-electron chi connectivity index (χ3n) is 5.31. The number of amides is 1. The van der Waals surface area contributed by atoms with Crippen LogP contribution in [0.4, 0.5) is 10.1 Å². The maximum absolute atomic E-state index is 13.6. The molecule has 3 aromatic heterocycles. The Morgan fingerprint density at radius 1 is 1.30 bits per heavy atom. The maximum atomic E-state index is 13.6. The first-order chi connectivity index (χ1) is 16.1. The summed E-state index contributed by atoms with van der Waals surface area (Å²) >= 11 is 2.67. The Kier molecular flexibility index (Phi) is 6.25. The Labute approximate surface area is 197 Å². The first kappa shape index (κ1) is 21.8. The average molecular weight is 485 g/mol. The van der Waals surface area contributed by atoms with E-state index < -0.39 is 0 Å². The number of nitrogens with one attached hydrogen (secondary N) is 1. The number of halogens is 1. The van der Waals surface area contributed by atoms with E-state index in [9.17, 15) is 9.18 Å². The number of pyridine rings is 1. The summed E-state index contributed by atoms with van der Waals surface area (Å²) in [4.78, 5) is 18.3. The molecule has 4 heterocycles. The summed E-state index contributed by atoms with van der Waals surface area (Å²) in [5, 5.41) is 13.0. The zero-order valence-corrected chi connectivity index (χ0v) is 19.2. The molecule has 1 aliphatic rings. The standard InChI is InChI=1S/C22H21FN6O2S2/c23-13-5-7-14(8-6-13)29-20(19-18(24)16-4-1-9-25-21(16)33-19)27-28-22(29)32-12-17(30)26-11-15-3-2-10-31-15/h1,4-9,15H,2-3,10-12,24H2,(H,26,30)/t15-/m1/s1. The summed E-state index contributed by atoms with van der Waals surface area (Å²) < 4.78 is 20.9. The quantitative estimate of drug-likeness (QED) is 0.386. The highest BCUT2D eigenvalue weighted by atomic mass is 32.2. The minimum Gasteiger partial charge on any atom is -0.397 e. The van der Waals surface area contributed by atoms with Crippen LogP contribution in [0.5, 0.6) is 0 Å². The lowest BCUT2D eigenvalue weighted by molar-refractivity contribution is -0.119. The van der Waals surface area contributed by atoms with Crippen LogP contribution >= 0.6 is 23.1 Å². The molecule has 0 aliphatic carbocycles. The monoisotopic (exact) mass is 484 g/mol. The zero-order valence-electron chi connectivity index (χ0n) is 17.5. The number of nitrogens with two attached hydrogens (primary N) is 1. The number of carbonyl (C=O) groups is 1. The Hall–Kier alpha value is -3.02. The molecule has 1 fully saturated rings. The number of ether oxygens (including phenoxy) is 1. The second-order valence-electron chi connectivity index (χ2n) is 7.55. The summed E-state index contributed by atoms with van der Waals surface area (Å²) in [5.74, 6) is 0.220. The van der Waals surface area contributed by atoms with Crippen molar-refractivity contribution in [3.8, 4) is 16.4 Å². The Balaban J connectivity index is 1.44. The number of hydrogen-bond donors (Lipinski definition) is 2. The van der Waals surface area contributed by atoms with Crippen LogP contribution in [0.1, 0.15) is 12.8 Å². The van der Waals surface area contributed by atoms with Crippen LogP contribution in [0, 0.1) is 5.82 Å². The highest BCUT2D eigenvalue weighted by Crippen LogP contribution is 2.40. The van der Waals surface area contributed by atoms with Crippen molar-refractivity contribution in [3.05, 3.63) is 48.4 Å². The van der Waals surface area contributed by atoms with E-state index >= 15 is 0 Å². The van der Waals surface area contributed by atoms with E-state index in [-0.39, 0.29) is 23.6 Å². The lowest BCUT2D eigenvalue weighted by Gasteiger charge is -2.12. The molecule has 3 N–H and O–H groups in total. The lowest BCUT2D eigenvalue weighted by Crippen LogP contribution is -2.32. The number of nitrogens with zero attached hydrogens (tertiary/aromatic N) is 4. The van der Waals surface area contributed by atoms with Crippen LogP contribution in [0.2, 0.25) is 0 Å². The number of nitrogen functional groups attached to an aromatic ring is 1. The fraction of sp³-hybridized carbons (Fsp3) is 0.273. The molecule has 33 heavy (non-hydrogen) atoms. The number of anilines is 1. The first-order valence-corrected chi connectivity index (χ1v) is 12.3. The van der Waals surface area contributed by atoms with Gasteiger partial charge in [-0.25, -0.2) is 9.37 Å². The van der Waals surface area contributed by atoms with E-state index in [1.807, 2.05) is 12.1 Å². The van der Waals surface area contributed by atoms with Crippen LogP contribution in [0.25, 0.3) is 26.6 Å². The molecule has 170 valence electrons. The third-order valence-corrected chi connectivity index (χ3v) is 7.36. The molecule has 0 radical (unpaired) electrons. The van der Waals surface area contributed by atoms with Gasteiger partial charge in [-0.3, -0.25) is 9.36 Å². The molecule has 0 spiro atoms. The molecular weight excluding hydrogens is 463 g/mol. The van der Waals surface area contributed by atoms with Crippen LogP contribution < -0.4 is 11.1 Å². The van der Waals surface area contributed by atoms with E-state index in [0.717, 1.165) is 34.5 Å². The minimum absolute atomic E-state index is 0.0815. The number of thiophene rings is 1. The van der Waals surface area contributed by atoms with Gasteiger partial charge < -0.3 is 15.8 Å². The van der Waals surface area contributed by atoms with Gasteiger partial charge in [0.2, 0.25) is 5.91 Å². The van der Waals surface area contributed by atoms with Crippen molar-refractivity contribution in [2.75, 3.05) is 24.6 Å². The number of aromatic nitrogens is 4. The van der Waals surface area contributed by atoms with Crippen LogP contribution in [0.15, 0.2) is 47.8 Å². The first-order valence-electron chi connectivity index (χ1n) is 10.5. The normalized spacial score (nSPS) is 15.8. The van der Waals surface area contributed by atoms with Crippen molar-refractivity contribution in [3.63, 3.8) is 0 Å². The van der Waals surface area contributed by atoms with Crippen molar-refractivity contribution in [2.24, 2.45) is 0 Å². The molecule has 1 aromatic carbocycles. The van der Waals surface area contributed by atoms with Crippen molar-refractivity contribution < 1.29 is 13.9 Å². The molecule has 4 aromatic rings. The fourth-order valence-corrected chi connectivity index (χ4v) is 5.48. The SMILES string of the molecule is Nc1c(-c2nnc(SCC(=O)NC[C@H]3CCCO3)n2-c2ccc(F)cc2)sc2ncccc12. The number of thioether (sulfide) groups is 1. The van der Waals surface area contributed by atoms with E-state index in [0.29, 0.717) is 28.9 Å². The molecule has 1 atom stereocenters. The van der Waals surface area contributed by atoms with Gasteiger partial charge in [0.25, 0.3) is 0 Å². The molecule has 1 amide bonds. The van der Waals surface area contributed by atoms with Crippen molar-refractivity contribution in [2.45, 2.75) is 24.1 Å². The third kappa shape index (κ3) is 4.56. The maximum Gasteiger partial charge on any atom is 0.230 e. The van der Waals surface area contributed by atoms with Gasteiger partial charge in [0.1, 0.15) is 10.6 Å². The number of hydrogen-bond acceptors (Lipinski definition) is 8. The summed E-state index contributed by atoms with van der Waals surface area (Å²) in [6.07, 6.45) is 3.78. The van der Waals surface area contributed by atoms with Gasteiger partial charge in [-0.05, 0) is 49.2 Å². The highest BCUT2D eigenvalue weighted by Gasteiger charge is 2.23. The Morgan fingerprint density at radius 3 is 2.91 bits per heavy atom. The lowest BCUT2D eigenvalue weighted by atomic mass is 10.2. The van der Waals surface area contributed by atoms with Crippen molar-refractivity contribution >= 4 is 44.9 Å². The molecule has 0 bridgehead atoms. The van der Waals surface area contributed by atoms with E-state index in [4.69, 9.17) is 10.5 Å². The van der Waals surface area contributed by atoms with E-state index in [2.05, 4.69) is 20.5 Å². The molecule has 11 heteroatoms. The minimum atomic E-state index is -0.346. The highest BCUT2D eigenvalue weighted by molar-refractivity contribution is 7.99. The average Bonchev–Trinajstić information content (AvgIpc) is 3.56. The molecule has 0 unspecified atom stereocenters. The smallest absolute Gasteiger partial charge is 0.230 e. The van der Waals surface area contributed by atoms with E-state index in [1.165, 1.54) is 35.2 Å². The largest absolute Gasteiger partial charge is 0.397 e. The van der Waals surface area contributed by atoms with Gasteiger partial charge >= 0.3 is 0 Å². The molecule has 0 saturated carbocycles. The molecule has 1 aliphatic heterocycles. The number of rotatable bonds is 7. The van der Waals surface area contributed by atoms with Crippen LogP contribution in [0.3, 0.4) is 0 Å². The van der Waals surface area contributed by atoms with Gasteiger partial charge in [0, 0.05) is 30.4 Å². The second-order valence-corrected chi connectivity index (χ2v) is 9.49. The number of fused-ring (bicyclic) bond motifs is 1. The van der Waals surface area contributed by atoms with Crippen molar-refractivity contribution in [1.29, 1.82) is 0 Å². The molecule has 1 saturated heterocycles. The summed E-state index contributed by atoms with van der Waals surface area (Å²) in [6, 6.07) is 9.77. The molecule has 8 nitrogen and oxygen atoms in total. The van der Waals surface area contributed by atoms with Gasteiger partial charge in [0.15, 0.2) is 11.0 Å². The van der Waals surface area contributed by atoms with Crippen molar-refractivity contribution in [1.82, 2.24) is 25.1 Å². The number of benzene rings is 1. The predicted molar refractivity (Wildman–Crippen MR) is 127 cm³/mol. The summed E-state index contributed by atoms with van der Waals surface area (Å²) in [5.41, 5.74) is 7.65. The van der Waals surface area contributed by atoms with E-state index in [1.54, 1.807) is 22.9 Å².